The Morgan fingerprint density at radius 2 is 1.59 bits per heavy atom. The van der Waals surface area contributed by atoms with Crippen LogP contribution in [0.1, 0.15) is 32.3 Å². The molecule has 2 aromatic carbocycles. The van der Waals surface area contributed by atoms with E-state index in [2.05, 4.69) is 9.72 Å². The number of carbonyl (C=O) groups excluding carboxylic acids is 1. The summed E-state index contributed by atoms with van der Waals surface area (Å²) in [6, 6.07) is 10.1. The van der Waals surface area contributed by atoms with E-state index in [-0.39, 0.29) is 11.3 Å². The highest BCUT2D eigenvalue weighted by Gasteiger charge is 2.45. The zero-order valence-corrected chi connectivity index (χ0v) is 21.6. The molecule has 0 radical (unpaired) electrons. The van der Waals surface area contributed by atoms with Crippen molar-refractivity contribution in [3.8, 4) is 5.88 Å². The van der Waals surface area contributed by atoms with E-state index in [1.807, 2.05) is 4.90 Å². The third-order valence-electron chi connectivity index (χ3n) is 7.15. The lowest BCUT2D eigenvalue weighted by Crippen LogP contribution is -2.46. The summed E-state index contributed by atoms with van der Waals surface area (Å²) in [7, 11) is -4.13. The van der Waals surface area contributed by atoms with Gasteiger partial charge in [0.25, 0.3) is 0 Å². The summed E-state index contributed by atoms with van der Waals surface area (Å²) in [6.45, 7) is 3.78. The second-order valence-corrected chi connectivity index (χ2v) is 12.3. The SMILES string of the molecule is CC(C)(C1CCN(c2cccc3c(OC(=O)C(F)(F)F)nccc23)CC1)S(=O)(=O)c1cccc(C(F)(F)F)c1. The fraction of sp³-hybridized carbons (Fsp3) is 0.385. The molecule has 1 aliphatic rings. The van der Waals surface area contributed by atoms with Crippen LogP contribution in [0.15, 0.2) is 59.6 Å². The molecule has 3 aromatic rings. The van der Waals surface area contributed by atoms with Gasteiger partial charge in [-0.3, -0.25) is 0 Å². The van der Waals surface area contributed by atoms with E-state index in [4.69, 9.17) is 0 Å². The summed E-state index contributed by atoms with van der Waals surface area (Å²) in [5.41, 5.74) is -0.406. The Balaban J connectivity index is 1.56. The van der Waals surface area contributed by atoms with Crippen molar-refractivity contribution in [2.45, 2.75) is 48.7 Å². The molecule has 39 heavy (non-hydrogen) atoms. The highest BCUT2D eigenvalue weighted by Crippen LogP contribution is 2.41. The number of ether oxygens (including phenoxy) is 1. The maximum Gasteiger partial charge on any atom is 0.491 e. The predicted molar refractivity (Wildman–Crippen MR) is 131 cm³/mol. The first-order valence-electron chi connectivity index (χ1n) is 11.9. The zero-order chi connectivity index (χ0) is 28.8. The molecule has 0 amide bonds. The van der Waals surface area contributed by atoms with Gasteiger partial charge in [0.15, 0.2) is 9.84 Å². The topological polar surface area (TPSA) is 76.6 Å². The lowest BCUT2D eigenvalue weighted by molar-refractivity contribution is -0.189. The summed E-state index contributed by atoms with van der Waals surface area (Å²) in [5.74, 6) is -3.26. The molecule has 0 unspecified atom stereocenters. The first-order chi connectivity index (χ1) is 18.0. The van der Waals surface area contributed by atoms with E-state index in [1.165, 1.54) is 26.1 Å². The van der Waals surface area contributed by atoms with Crippen LogP contribution in [-0.4, -0.2) is 43.4 Å². The van der Waals surface area contributed by atoms with Crippen LogP contribution in [0.4, 0.5) is 32.0 Å². The molecule has 0 aliphatic carbocycles. The normalized spacial score (nSPS) is 15.9. The van der Waals surface area contributed by atoms with Crippen molar-refractivity contribution < 1.29 is 44.3 Å². The molecule has 1 aliphatic heterocycles. The lowest BCUT2D eigenvalue weighted by atomic mass is 9.85. The summed E-state index contributed by atoms with van der Waals surface area (Å²) >= 11 is 0. The molecular formula is C26H24F6N2O4S. The van der Waals surface area contributed by atoms with Gasteiger partial charge in [-0.25, -0.2) is 18.2 Å². The fourth-order valence-corrected chi connectivity index (χ4v) is 6.67. The molecule has 1 fully saturated rings. The molecule has 4 rings (SSSR count). The molecule has 13 heteroatoms. The van der Waals surface area contributed by atoms with Crippen LogP contribution in [0.2, 0.25) is 0 Å². The molecule has 210 valence electrons. The Morgan fingerprint density at radius 1 is 0.949 bits per heavy atom. The number of pyridine rings is 1. The van der Waals surface area contributed by atoms with Gasteiger partial charge in [0.1, 0.15) is 0 Å². The number of rotatable bonds is 5. The van der Waals surface area contributed by atoms with Gasteiger partial charge in [-0.1, -0.05) is 12.1 Å². The third kappa shape index (κ3) is 5.54. The van der Waals surface area contributed by atoms with Gasteiger partial charge in [0.2, 0.25) is 5.88 Å². The summed E-state index contributed by atoms with van der Waals surface area (Å²) in [5, 5.41) is 0.689. The van der Waals surface area contributed by atoms with Gasteiger partial charge in [0.05, 0.1) is 15.2 Å². The van der Waals surface area contributed by atoms with E-state index in [0.717, 1.165) is 18.2 Å². The minimum absolute atomic E-state index is 0.196. The number of piperidine rings is 1. The second-order valence-electron chi connectivity index (χ2n) is 9.77. The quantitative estimate of drug-likeness (QED) is 0.267. The van der Waals surface area contributed by atoms with Crippen molar-refractivity contribution in [1.29, 1.82) is 0 Å². The Hall–Kier alpha value is -3.35. The molecule has 1 aromatic heterocycles. The number of hydrogen-bond donors (Lipinski definition) is 0. The Morgan fingerprint density at radius 3 is 2.21 bits per heavy atom. The smallest absolute Gasteiger partial charge is 0.400 e. The maximum atomic E-state index is 13.4. The number of aromatic nitrogens is 1. The van der Waals surface area contributed by atoms with Gasteiger partial charge in [-0.2, -0.15) is 26.3 Å². The molecule has 0 saturated carbocycles. The van der Waals surface area contributed by atoms with Crippen LogP contribution in [0.25, 0.3) is 10.8 Å². The molecule has 0 atom stereocenters. The summed E-state index contributed by atoms with van der Waals surface area (Å²) in [6.07, 6.45) is -7.86. The third-order valence-corrected chi connectivity index (χ3v) is 9.74. The van der Waals surface area contributed by atoms with E-state index in [0.29, 0.717) is 43.1 Å². The van der Waals surface area contributed by atoms with Gasteiger partial charge in [-0.15, -0.1) is 0 Å². The Bertz CT molecular complexity index is 1490. The molecule has 0 N–H and O–H groups in total. The monoisotopic (exact) mass is 574 g/mol. The maximum absolute atomic E-state index is 13.4. The number of hydrogen-bond acceptors (Lipinski definition) is 6. The van der Waals surface area contributed by atoms with E-state index < -0.39 is 49.2 Å². The van der Waals surface area contributed by atoms with Crippen molar-refractivity contribution in [2.75, 3.05) is 18.0 Å². The van der Waals surface area contributed by atoms with Crippen molar-refractivity contribution in [1.82, 2.24) is 4.98 Å². The first-order valence-corrected chi connectivity index (χ1v) is 13.4. The van der Waals surface area contributed by atoms with Gasteiger partial charge in [-0.05, 0) is 69.0 Å². The number of esters is 1. The van der Waals surface area contributed by atoms with Crippen LogP contribution in [-0.2, 0) is 20.8 Å². The van der Waals surface area contributed by atoms with E-state index in [1.54, 1.807) is 18.2 Å². The van der Waals surface area contributed by atoms with Crippen molar-refractivity contribution in [3.63, 3.8) is 0 Å². The molecule has 1 saturated heterocycles. The molecule has 6 nitrogen and oxygen atoms in total. The molecule has 0 spiro atoms. The lowest BCUT2D eigenvalue weighted by Gasteiger charge is -2.41. The van der Waals surface area contributed by atoms with Crippen LogP contribution >= 0.6 is 0 Å². The molecule has 0 bridgehead atoms. The molecule has 2 heterocycles. The van der Waals surface area contributed by atoms with Gasteiger partial charge < -0.3 is 9.64 Å². The number of nitrogens with zero attached hydrogens (tertiary/aromatic N) is 2. The van der Waals surface area contributed by atoms with Gasteiger partial charge in [0, 0.05) is 35.7 Å². The summed E-state index contributed by atoms with van der Waals surface area (Å²) < 4.78 is 108. The molecular weight excluding hydrogens is 550 g/mol. The van der Waals surface area contributed by atoms with Crippen LogP contribution in [0.5, 0.6) is 5.88 Å². The average molecular weight is 575 g/mol. The minimum atomic E-state index is -5.19. The number of fused-ring (bicyclic) bond motifs is 1. The standard InChI is InChI=1S/C26H24F6N2O4S/c1-24(2,39(36,37)18-6-3-5-17(15-18)25(27,28)29)16-10-13-34(14-11-16)21-8-4-7-20-19(21)9-12-33-22(20)38-23(35)26(30,31)32/h3-9,12,15-16H,10-11,13-14H2,1-2H3. The summed E-state index contributed by atoms with van der Waals surface area (Å²) in [4.78, 5) is 16.6. The number of halogens is 6. The highest BCUT2D eigenvalue weighted by atomic mass is 32.2. The Labute approximate surface area is 220 Å². The number of sulfone groups is 1. The van der Waals surface area contributed by atoms with Crippen molar-refractivity contribution in [3.05, 3.63) is 60.3 Å². The van der Waals surface area contributed by atoms with Crippen LogP contribution < -0.4 is 9.64 Å². The second kappa shape index (κ2) is 10.00. The average Bonchev–Trinajstić information content (AvgIpc) is 2.87. The Kier molecular flexibility index (Phi) is 7.34. The van der Waals surface area contributed by atoms with Crippen LogP contribution in [0, 0.1) is 5.92 Å². The van der Waals surface area contributed by atoms with E-state index >= 15 is 0 Å². The van der Waals surface area contributed by atoms with Crippen LogP contribution in [0.3, 0.4) is 0 Å². The number of benzene rings is 2. The fourth-order valence-electron chi connectivity index (χ4n) is 4.84. The van der Waals surface area contributed by atoms with Crippen molar-refractivity contribution >= 4 is 32.3 Å². The predicted octanol–water partition coefficient (Wildman–Crippen LogP) is 6.19. The van der Waals surface area contributed by atoms with E-state index in [9.17, 15) is 39.6 Å². The van der Waals surface area contributed by atoms with Crippen molar-refractivity contribution in [2.24, 2.45) is 5.92 Å². The van der Waals surface area contributed by atoms with Gasteiger partial charge >= 0.3 is 18.3 Å². The number of anilines is 1. The number of carbonyl (C=O) groups is 1. The highest BCUT2D eigenvalue weighted by molar-refractivity contribution is 7.92. The first kappa shape index (κ1) is 28.7. The largest absolute Gasteiger partial charge is 0.491 e. The zero-order valence-electron chi connectivity index (χ0n) is 20.8. The number of alkyl halides is 6. The minimum Gasteiger partial charge on any atom is -0.400 e.